The number of amides is 1. The molecule has 0 bridgehead atoms. The highest BCUT2D eigenvalue weighted by Crippen LogP contribution is 2.26. The summed E-state index contributed by atoms with van der Waals surface area (Å²) in [7, 11) is 0. The molecule has 0 fully saturated rings. The van der Waals surface area contributed by atoms with E-state index in [1.54, 1.807) is 0 Å². The van der Waals surface area contributed by atoms with Crippen molar-refractivity contribution in [3.63, 3.8) is 0 Å². The average molecular weight is 268 g/mol. The second kappa shape index (κ2) is 4.35. The van der Waals surface area contributed by atoms with E-state index in [1.807, 2.05) is 23.1 Å². The molecule has 1 heterocycles. The Bertz CT molecular complexity index is 389. The fourth-order valence-corrected chi connectivity index (χ4v) is 2.58. The summed E-state index contributed by atoms with van der Waals surface area (Å²) in [6.45, 7) is 3.82. The van der Waals surface area contributed by atoms with Crippen molar-refractivity contribution in [2.45, 2.75) is 19.8 Å². The highest BCUT2D eigenvalue weighted by atomic mass is 79.9. The molecule has 0 aromatic heterocycles. The molecule has 1 aliphatic heterocycles. The summed E-state index contributed by atoms with van der Waals surface area (Å²) in [5.74, 6) is 0.180. The Balaban J connectivity index is 2.34. The Morgan fingerprint density at radius 3 is 3.00 bits per heavy atom. The topological polar surface area (TPSA) is 20.3 Å². The summed E-state index contributed by atoms with van der Waals surface area (Å²) in [5.41, 5.74) is 2.03. The first-order chi connectivity index (χ1) is 7.24. The summed E-state index contributed by atoms with van der Waals surface area (Å²) in [4.78, 5) is 14.0. The highest BCUT2D eigenvalue weighted by Gasteiger charge is 2.24. The van der Waals surface area contributed by atoms with Crippen LogP contribution in [0.25, 0.3) is 0 Å². The number of halogens is 1. The van der Waals surface area contributed by atoms with E-state index in [9.17, 15) is 4.79 Å². The minimum Gasteiger partial charge on any atom is -0.338 e. The summed E-state index contributed by atoms with van der Waals surface area (Å²) >= 11 is 3.50. The predicted molar refractivity (Wildman–Crippen MR) is 64.0 cm³/mol. The van der Waals surface area contributed by atoms with Gasteiger partial charge in [-0.1, -0.05) is 28.9 Å². The Labute approximate surface area is 98.4 Å². The van der Waals surface area contributed by atoms with Gasteiger partial charge in [-0.3, -0.25) is 4.79 Å². The molecule has 0 atom stereocenters. The lowest BCUT2D eigenvalue weighted by atomic mass is 9.99. The van der Waals surface area contributed by atoms with Crippen molar-refractivity contribution in [1.29, 1.82) is 0 Å². The van der Waals surface area contributed by atoms with Gasteiger partial charge in [0.1, 0.15) is 0 Å². The lowest BCUT2D eigenvalue weighted by Crippen LogP contribution is -2.38. The van der Waals surface area contributed by atoms with Gasteiger partial charge in [0.2, 0.25) is 0 Å². The van der Waals surface area contributed by atoms with Gasteiger partial charge in [-0.05, 0) is 30.5 Å². The van der Waals surface area contributed by atoms with Gasteiger partial charge in [0, 0.05) is 23.1 Å². The Hall–Kier alpha value is -0.830. The molecule has 0 saturated carbocycles. The second-order valence-corrected chi connectivity index (χ2v) is 4.66. The quantitative estimate of drug-likeness (QED) is 0.807. The maximum atomic E-state index is 12.1. The molecule has 3 heteroatoms. The molecule has 80 valence electrons. The van der Waals surface area contributed by atoms with Gasteiger partial charge in [0.15, 0.2) is 0 Å². The number of hydrogen-bond acceptors (Lipinski definition) is 1. The van der Waals surface area contributed by atoms with Crippen LogP contribution < -0.4 is 0 Å². The largest absolute Gasteiger partial charge is 0.338 e. The number of benzene rings is 1. The van der Waals surface area contributed by atoms with Gasteiger partial charge >= 0.3 is 0 Å². The van der Waals surface area contributed by atoms with E-state index in [-0.39, 0.29) is 5.91 Å². The Morgan fingerprint density at radius 2 is 2.27 bits per heavy atom. The number of fused-ring (bicyclic) bond motifs is 1. The molecule has 1 aromatic rings. The average Bonchev–Trinajstić information content (AvgIpc) is 2.23. The number of nitrogens with zero attached hydrogens (tertiary/aromatic N) is 1. The Morgan fingerprint density at radius 1 is 1.47 bits per heavy atom. The zero-order valence-corrected chi connectivity index (χ0v) is 10.4. The molecule has 2 rings (SSSR count). The molecule has 0 spiro atoms. The van der Waals surface area contributed by atoms with Gasteiger partial charge in [-0.15, -0.1) is 0 Å². The monoisotopic (exact) mass is 267 g/mol. The van der Waals surface area contributed by atoms with Crippen LogP contribution in [0.4, 0.5) is 0 Å². The SMILES string of the molecule is CCCN1CCc2c(Br)cccc2C1=O. The van der Waals surface area contributed by atoms with Crippen molar-refractivity contribution in [2.75, 3.05) is 13.1 Å². The molecule has 1 amide bonds. The highest BCUT2D eigenvalue weighted by molar-refractivity contribution is 9.10. The molecule has 0 N–H and O–H groups in total. The maximum Gasteiger partial charge on any atom is 0.254 e. The van der Waals surface area contributed by atoms with E-state index in [2.05, 4.69) is 22.9 Å². The third-order valence-corrected chi connectivity index (χ3v) is 3.50. The van der Waals surface area contributed by atoms with Crippen LogP contribution in [0.1, 0.15) is 29.3 Å². The van der Waals surface area contributed by atoms with Crippen LogP contribution in [-0.2, 0) is 6.42 Å². The van der Waals surface area contributed by atoms with Crippen molar-refractivity contribution in [2.24, 2.45) is 0 Å². The maximum absolute atomic E-state index is 12.1. The second-order valence-electron chi connectivity index (χ2n) is 3.81. The third kappa shape index (κ3) is 1.93. The first kappa shape index (κ1) is 10.7. The van der Waals surface area contributed by atoms with Gasteiger partial charge in [0.25, 0.3) is 5.91 Å². The summed E-state index contributed by atoms with van der Waals surface area (Å²) in [6.07, 6.45) is 1.98. The fraction of sp³-hybridized carbons (Fsp3) is 0.417. The standard InChI is InChI=1S/C12H14BrNO/c1-2-7-14-8-6-9-10(12(14)15)4-3-5-11(9)13/h3-5H,2,6-8H2,1H3. The van der Waals surface area contributed by atoms with Crippen molar-refractivity contribution in [3.8, 4) is 0 Å². The molecule has 0 saturated heterocycles. The number of carbonyl (C=O) groups is 1. The van der Waals surface area contributed by atoms with Crippen LogP contribution in [0.3, 0.4) is 0 Å². The molecule has 15 heavy (non-hydrogen) atoms. The fourth-order valence-electron chi connectivity index (χ4n) is 2.02. The van der Waals surface area contributed by atoms with Crippen LogP contribution in [0.2, 0.25) is 0 Å². The van der Waals surface area contributed by atoms with Crippen molar-refractivity contribution in [3.05, 3.63) is 33.8 Å². The zero-order valence-electron chi connectivity index (χ0n) is 8.79. The van der Waals surface area contributed by atoms with Crippen LogP contribution in [-0.4, -0.2) is 23.9 Å². The normalized spacial score (nSPS) is 15.3. The minimum absolute atomic E-state index is 0.180. The molecule has 0 radical (unpaired) electrons. The summed E-state index contributed by atoms with van der Waals surface area (Å²) in [6, 6.07) is 5.85. The molecule has 0 unspecified atom stereocenters. The lowest BCUT2D eigenvalue weighted by Gasteiger charge is -2.28. The zero-order chi connectivity index (χ0) is 10.8. The van der Waals surface area contributed by atoms with Crippen molar-refractivity contribution < 1.29 is 4.79 Å². The van der Waals surface area contributed by atoms with Crippen LogP contribution in [0.5, 0.6) is 0 Å². The smallest absolute Gasteiger partial charge is 0.254 e. The van der Waals surface area contributed by atoms with E-state index >= 15 is 0 Å². The first-order valence-electron chi connectivity index (χ1n) is 5.30. The molecular formula is C12H14BrNO. The van der Waals surface area contributed by atoms with Crippen LogP contribution in [0.15, 0.2) is 22.7 Å². The van der Waals surface area contributed by atoms with Gasteiger partial charge in [-0.25, -0.2) is 0 Å². The molecule has 0 aliphatic carbocycles. The minimum atomic E-state index is 0.180. The van der Waals surface area contributed by atoms with E-state index < -0.39 is 0 Å². The predicted octanol–water partition coefficient (Wildman–Crippen LogP) is 2.86. The summed E-state index contributed by atoms with van der Waals surface area (Å²) in [5, 5.41) is 0. The molecular weight excluding hydrogens is 254 g/mol. The molecule has 2 nitrogen and oxygen atoms in total. The summed E-state index contributed by atoms with van der Waals surface area (Å²) < 4.78 is 1.06. The van der Waals surface area contributed by atoms with Gasteiger partial charge < -0.3 is 4.90 Å². The van der Waals surface area contributed by atoms with Crippen molar-refractivity contribution in [1.82, 2.24) is 4.90 Å². The third-order valence-electron chi connectivity index (χ3n) is 2.76. The van der Waals surface area contributed by atoms with E-state index in [4.69, 9.17) is 0 Å². The van der Waals surface area contributed by atoms with Crippen LogP contribution in [0, 0.1) is 0 Å². The van der Waals surface area contributed by atoms with Crippen molar-refractivity contribution >= 4 is 21.8 Å². The van der Waals surface area contributed by atoms with Gasteiger partial charge in [0.05, 0.1) is 0 Å². The lowest BCUT2D eigenvalue weighted by molar-refractivity contribution is 0.0739. The Kier molecular flexibility index (Phi) is 3.10. The number of rotatable bonds is 2. The first-order valence-corrected chi connectivity index (χ1v) is 6.10. The number of carbonyl (C=O) groups excluding carboxylic acids is 1. The van der Waals surface area contributed by atoms with E-state index in [0.29, 0.717) is 0 Å². The molecule has 1 aliphatic rings. The van der Waals surface area contributed by atoms with Crippen LogP contribution >= 0.6 is 15.9 Å². The molecule has 1 aromatic carbocycles. The van der Waals surface area contributed by atoms with Gasteiger partial charge in [-0.2, -0.15) is 0 Å². The number of hydrogen-bond donors (Lipinski definition) is 0. The van der Waals surface area contributed by atoms with E-state index in [1.165, 1.54) is 0 Å². The van der Waals surface area contributed by atoms with E-state index in [0.717, 1.165) is 41.5 Å².